The molecule has 1 amide bonds. The van der Waals surface area contributed by atoms with Gasteiger partial charge in [0.25, 0.3) is 10.0 Å². The van der Waals surface area contributed by atoms with Crippen molar-refractivity contribution in [2.24, 2.45) is 0 Å². The van der Waals surface area contributed by atoms with E-state index in [9.17, 15) is 13.2 Å². The van der Waals surface area contributed by atoms with Crippen LogP contribution in [0.3, 0.4) is 0 Å². The van der Waals surface area contributed by atoms with Gasteiger partial charge in [0, 0.05) is 10.2 Å². The minimum Gasteiger partial charge on any atom is -0.346 e. The van der Waals surface area contributed by atoms with Gasteiger partial charge in [0.15, 0.2) is 0 Å². The van der Waals surface area contributed by atoms with Gasteiger partial charge >= 0.3 is 0 Å². The van der Waals surface area contributed by atoms with Gasteiger partial charge in [-0.3, -0.25) is 9.52 Å². The summed E-state index contributed by atoms with van der Waals surface area (Å²) in [5.74, 6) is -0.0441. The molecule has 0 saturated heterocycles. The number of anilines is 1. The normalized spacial score (nSPS) is 14.9. The quantitative estimate of drug-likeness (QED) is 0.505. The number of thiophene rings is 1. The Bertz CT molecular complexity index is 1110. The van der Waals surface area contributed by atoms with Crippen LogP contribution in [0.4, 0.5) is 5.69 Å². The Morgan fingerprint density at radius 3 is 2.31 bits per heavy atom. The van der Waals surface area contributed by atoms with Crippen LogP contribution in [0.15, 0.2) is 74.7 Å². The van der Waals surface area contributed by atoms with E-state index >= 15 is 0 Å². The Labute approximate surface area is 182 Å². The fraction of sp³-hybridized carbons (Fsp3) is 0.190. The maximum Gasteiger partial charge on any atom is 0.271 e. The zero-order valence-corrected chi connectivity index (χ0v) is 18.6. The summed E-state index contributed by atoms with van der Waals surface area (Å²) in [5, 5.41) is 4.88. The average molecular weight is 491 g/mol. The molecule has 0 aliphatic heterocycles. The van der Waals surface area contributed by atoms with Crippen molar-refractivity contribution in [3.8, 4) is 0 Å². The average Bonchev–Trinajstić information content (AvgIpc) is 3.23. The Morgan fingerprint density at radius 1 is 1.03 bits per heavy atom. The molecule has 0 radical (unpaired) electrons. The van der Waals surface area contributed by atoms with Crippen molar-refractivity contribution in [3.63, 3.8) is 0 Å². The highest BCUT2D eigenvalue weighted by Gasteiger charge is 2.45. The van der Waals surface area contributed by atoms with Crippen LogP contribution < -0.4 is 10.0 Å². The maximum absolute atomic E-state index is 12.5. The van der Waals surface area contributed by atoms with Gasteiger partial charge in [-0.25, -0.2) is 8.42 Å². The lowest BCUT2D eigenvalue weighted by Gasteiger charge is -2.18. The third-order valence-electron chi connectivity index (χ3n) is 4.86. The molecule has 8 heteroatoms. The fourth-order valence-corrected chi connectivity index (χ4v) is 5.50. The van der Waals surface area contributed by atoms with Gasteiger partial charge in [0.05, 0.1) is 12.0 Å². The van der Waals surface area contributed by atoms with Gasteiger partial charge in [-0.15, -0.1) is 11.3 Å². The molecule has 0 unspecified atom stereocenters. The molecule has 1 aliphatic rings. The van der Waals surface area contributed by atoms with Gasteiger partial charge in [0.2, 0.25) is 5.91 Å². The number of hydrogen-bond acceptors (Lipinski definition) is 4. The van der Waals surface area contributed by atoms with Gasteiger partial charge < -0.3 is 5.32 Å². The second kappa shape index (κ2) is 7.93. The van der Waals surface area contributed by atoms with Crippen LogP contribution in [0, 0.1) is 0 Å². The number of benzene rings is 2. The maximum atomic E-state index is 12.5. The van der Waals surface area contributed by atoms with Gasteiger partial charge in [0.1, 0.15) is 4.21 Å². The lowest BCUT2D eigenvalue weighted by molar-refractivity contribution is -0.121. The van der Waals surface area contributed by atoms with Gasteiger partial charge in [-0.1, -0.05) is 46.3 Å². The molecule has 0 atom stereocenters. The molecule has 5 nitrogen and oxygen atoms in total. The lowest BCUT2D eigenvalue weighted by Crippen LogP contribution is -2.35. The molecular weight excluding hydrogens is 472 g/mol. The van der Waals surface area contributed by atoms with E-state index in [0.717, 1.165) is 39.8 Å². The summed E-state index contributed by atoms with van der Waals surface area (Å²) in [6.07, 6.45) is 2.11. The molecule has 4 rings (SSSR count). The summed E-state index contributed by atoms with van der Waals surface area (Å²) >= 11 is 4.60. The van der Waals surface area contributed by atoms with E-state index in [1.807, 2.05) is 24.3 Å². The largest absolute Gasteiger partial charge is 0.346 e. The second-order valence-electron chi connectivity index (χ2n) is 7.05. The number of carbonyl (C=O) groups excluding carboxylic acids is 1. The molecule has 0 spiro atoms. The first-order valence-corrected chi connectivity index (χ1v) is 12.2. The van der Waals surface area contributed by atoms with Crippen LogP contribution in [0.2, 0.25) is 0 Å². The fourth-order valence-electron chi connectivity index (χ4n) is 3.19. The number of nitrogens with one attached hydrogen (secondary N) is 2. The van der Waals surface area contributed by atoms with Gasteiger partial charge in [-0.2, -0.15) is 0 Å². The number of halogens is 1. The predicted octanol–water partition coefficient (Wildman–Crippen LogP) is 4.66. The van der Waals surface area contributed by atoms with Crippen molar-refractivity contribution in [1.29, 1.82) is 0 Å². The number of carbonyl (C=O) groups is 1. The number of sulfonamides is 1. The van der Waals surface area contributed by atoms with Crippen molar-refractivity contribution < 1.29 is 13.2 Å². The zero-order chi connectivity index (χ0) is 20.5. The molecule has 29 heavy (non-hydrogen) atoms. The van der Waals surface area contributed by atoms with Crippen LogP contribution >= 0.6 is 27.3 Å². The molecule has 1 fully saturated rings. The molecule has 1 aromatic heterocycles. The van der Waals surface area contributed by atoms with E-state index in [4.69, 9.17) is 0 Å². The van der Waals surface area contributed by atoms with Gasteiger partial charge in [-0.05, 0) is 59.7 Å². The molecule has 1 saturated carbocycles. The van der Waals surface area contributed by atoms with E-state index in [1.165, 1.54) is 0 Å². The summed E-state index contributed by atoms with van der Waals surface area (Å²) < 4.78 is 28.4. The molecule has 150 valence electrons. The van der Waals surface area contributed by atoms with E-state index in [0.29, 0.717) is 5.69 Å². The number of hydrogen-bond donors (Lipinski definition) is 2. The first-order valence-electron chi connectivity index (χ1n) is 9.09. The minimum atomic E-state index is -3.57. The third-order valence-corrected chi connectivity index (χ3v) is 8.16. The molecule has 0 bridgehead atoms. The Kier molecular flexibility index (Phi) is 5.50. The first kappa shape index (κ1) is 20.1. The van der Waals surface area contributed by atoms with Crippen LogP contribution in [-0.2, 0) is 26.8 Å². The van der Waals surface area contributed by atoms with Crippen LogP contribution in [0.5, 0.6) is 0 Å². The Balaban J connectivity index is 1.37. The summed E-state index contributed by atoms with van der Waals surface area (Å²) in [5.41, 5.74) is 2.16. The Hall–Kier alpha value is -2.16. The van der Waals surface area contributed by atoms with Crippen molar-refractivity contribution in [2.45, 2.75) is 29.0 Å². The van der Waals surface area contributed by atoms with Crippen molar-refractivity contribution in [3.05, 3.63) is 81.6 Å². The van der Waals surface area contributed by atoms with Crippen molar-refractivity contribution >= 4 is 48.9 Å². The molecule has 3 aromatic rings. The van der Waals surface area contributed by atoms with E-state index in [1.54, 1.807) is 41.8 Å². The van der Waals surface area contributed by atoms with Crippen LogP contribution in [0.1, 0.15) is 24.0 Å². The van der Waals surface area contributed by atoms with E-state index in [2.05, 4.69) is 26.0 Å². The monoisotopic (exact) mass is 490 g/mol. The lowest BCUT2D eigenvalue weighted by atomic mass is 10.0. The topological polar surface area (TPSA) is 75.3 Å². The molecule has 2 N–H and O–H groups in total. The second-order valence-corrected chi connectivity index (χ2v) is 10.8. The smallest absolute Gasteiger partial charge is 0.271 e. The van der Waals surface area contributed by atoms with Crippen molar-refractivity contribution in [1.82, 2.24) is 5.32 Å². The molecular formula is C21H19BrN2O3S2. The summed E-state index contributed by atoms with van der Waals surface area (Å²) in [4.78, 5) is 12.5. The molecule has 2 aromatic carbocycles. The summed E-state index contributed by atoms with van der Waals surface area (Å²) in [7, 11) is -3.57. The highest BCUT2D eigenvalue weighted by molar-refractivity contribution is 9.10. The third kappa shape index (κ3) is 4.71. The van der Waals surface area contributed by atoms with Crippen molar-refractivity contribution in [2.75, 3.05) is 4.72 Å². The number of rotatable bonds is 7. The SMILES string of the molecule is O=C(Cc1ccc(NS(=O)(=O)c2cccs2)cc1)NC1(c2ccc(Br)cc2)CC1. The molecule has 1 heterocycles. The number of amides is 1. The van der Waals surface area contributed by atoms with E-state index in [-0.39, 0.29) is 22.1 Å². The zero-order valence-electron chi connectivity index (χ0n) is 15.4. The molecule has 1 aliphatic carbocycles. The minimum absolute atomic E-state index is 0.0441. The standard InChI is InChI=1S/C21H19BrN2O3S2/c22-17-7-5-16(6-8-17)21(11-12-21)23-19(25)14-15-3-9-18(10-4-15)24-29(26,27)20-2-1-13-28-20/h1-10,13,24H,11-12,14H2,(H,23,25). The summed E-state index contributed by atoms with van der Waals surface area (Å²) in [6.45, 7) is 0. The first-order chi connectivity index (χ1) is 13.9. The highest BCUT2D eigenvalue weighted by Crippen LogP contribution is 2.45. The Morgan fingerprint density at radius 2 is 1.72 bits per heavy atom. The predicted molar refractivity (Wildman–Crippen MR) is 118 cm³/mol. The summed E-state index contributed by atoms with van der Waals surface area (Å²) in [6, 6.07) is 18.2. The highest BCUT2D eigenvalue weighted by atomic mass is 79.9. The van der Waals surface area contributed by atoms with E-state index < -0.39 is 10.0 Å². The van der Waals surface area contributed by atoms with Crippen LogP contribution in [0.25, 0.3) is 0 Å². The van der Waals surface area contributed by atoms with Crippen LogP contribution in [-0.4, -0.2) is 14.3 Å².